The molecule has 1 heterocycles. The molecule has 0 aliphatic carbocycles. The van der Waals surface area contributed by atoms with E-state index in [1.807, 2.05) is 30.3 Å². The van der Waals surface area contributed by atoms with Gasteiger partial charge in [0.2, 0.25) is 0 Å². The van der Waals surface area contributed by atoms with Gasteiger partial charge in [0.05, 0.1) is 0 Å². The topological polar surface area (TPSA) is 64.1 Å². The normalized spacial score (nSPS) is 10.8. The van der Waals surface area contributed by atoms with Gasteiger partial charge in [-0.05, 0) is 35.9 Å². The number of oxazole rings is 1. The number of nitrogens with two attached hydrogens (primary N) is 1. The molecule has 3 N–H and O–H groups in total. The van der Waals surface area contributed by atoms with Gasteiger partial charge in [-0.3, -0.25) is 0 Å². The van der Waals surface area contributed by atoms with Crippen LogP contribution in [-0.2, 0) is 6.54 Å². The third-order valence-corrected chi connectivity index (χ3v) is 3.24. The van der Waals surface area contributed by atoms with Crippen molar-refractivity contribution in [1.82, 2.24) is 4.98 Å². The molecule has 96 valence electrons. The van der Waals surface area contributed by atoms with E-state index in [1.54, 1.807) is 12.1 Å². The third kappa shape index (κ3) is 2.71. The largest absolute Gasteiger partial charge is 0.424 e. The molecule has 1 aromatic heterocycles. The minimum Gasteiger partial charge on any atom is -0.424 e. The number of nitrogen functional groups attached to an aromatic ring is 1. The lowest BCUT2D eigenvalue weighted by Gasteiger charge is -2.02. The lowest BCUT2D eigenvalue weighted by molar-refractivity contribution is 0.614. The predicted octanol–water partition coefficient (Wildman–Crippen LogP) is 3.78. The number of anilines is 2. The van der Waals surface area contributed by atoms with Crippen LogP contribution in [0.15, 0.2) is 51.4 Å². The van der Waals surface area contributed by atoms with E-state index in [9.17, 15) is 0 Å². The molecule has 2 aromatic carbocycles. The van der Waals surface area contributed by atoms with Crippen molar-refractivity contribution >= 4 is 38.7 Å². The first-order valence-corrected chi connectivity index (χ1v) is 6.64. The Bertz CT molecular complexity index is 724. The average molecular weight is 318 g/mol. The molecule has 19 heavy (non-hydrogen) atoms. The van der Waals surface area contributed by atoms with Crippen molar-refractivity contribution < 1.29 is 4.42 Å². The van der Waals surface area contributed by atoms with Gasteiger partial charge in [0, 0.05) is 16.7 Å². The molecule has 5 heteroatoms. The second-order valence-corrected chi connectivity index (χ2v) is 5.15. The number of rotatable bonds is 3. The molecular formula is C14H12BrN3O. The van der Waals surface area contributed by atoms with E-state index in [-0.39, 0.29) is 0 Å². The molecule has 0 atom stereocenters. The fourth-order valence-corrected chi connectivity index (χ4v) is 2.29. The summed E-state index contributed by atoms with van der Waals surface area (Å²) in [6, 6.07) is 14.0. The van der Waals surface area contributed by atoms with Crippen LogP contribution in [0.5, 0.6) is 0 Å². The van der Waals surface area contributed by atoms with Gasteiger partial charge in [0.25, 0.3) is 6.01 Å². The highest BCUT2D eigenvalue weighted by Gasteiger charge is 2.05. The summed E-state index contributed by atoms with van der Waals surface area (Å²) in [5.41, 5.74) is 9.03. The Morgan fingerprint density at radius 2 is 2.11 bits per heavy atom. The van der Waals surface area contributed by atoms with Gasteiger partial charge in [-0.1, -0.05) is 28.1 Å². The maximum Gasteiger partial charge on any atom is 0.295 e. The predicted molar refractivity (Wildman–Crippen MR) is 79.9 cm³/mol. The summed E-state index contributed by atoms with van der Waals surface area (Å²) in [4.78, 5) is 4.34. The highest BCUT2D eigenvalue weighted by atomic mass is 79.9. The smallest absolute Gasteiger partial charge is 0.295 e. The molecule has 0 unspecified atom stereocenters. The van der Waals surface area contributed by atoms with Crippen molar-refractivity contribution in [2.24, 2.45) is 0 Å². The number of nitrogens with zero attached hydrogens (tertiary/aromatic N) is 1. The SMILES string of the molecule is Nc1ccc2oc(NCc3cccc(Br)c3)nc2c1. The molecule has 3 rings (SSSR count). The number of halogens is 1. The second-order valence-electron chi connectivity index (χ2n) is 4.23. The van der Waals surface area contributed by atoms with Crippen molar-refractivity contribution in [2.45, 2.75) is 6.54 Å². The van der Waals surface area contributed by atoms with Crippen molar-refractivity contribution in [3.8, 4) is 0 Å². The molecule has 0 aliphatic rings. The summed E-state index contributed by atoms with van der Waals surface area (Å²) in [6.45, 7) is 0.655. The number of hydrogen-bond donors (Lipinski definition) is 2. The second kappa shape index (κ2) is 4.93. The zero-order chi connectivity index (χ0) is 13.2. The molecule has 0 bridgehead atoms. The Morgan fingerprint density at radius 1 is 1.21 bits per heavy atom. The third-order valence-electron chi connectivity index (χ3n) is 2.74. The Hall–Kier alpha value is -2.01. The van der Waals surface area contributed by atoms with Gasteiger partial charge in [-0.25, -0.2) is 0 Å². The molecule has 0 fully saturated rings. The number of fused-ring (bicyclic) bond motifs is 1. The number of aromatic nitrogens is 1. The fourth-order valence-electron chi connectivity index (χ4n) is 1.84. The summed E-state index contributed by atoms with van der Waals surface area (Å²) in [6.07, 6.45) is 0. The van der Waals surface area contributed by atoms with Gasteiger partial charge < -0.3 is 15.5 Å². The van der Waals surface area contributed by atoms with Crippen molar-refractivity contribution in [3.63, 3.8) is 0 Å². The first-order chi connectivity index (χ1) is 9.20. The summed E-state index contributed by atoms with van der Waals surface area (Å²) in [7, 11) is 0. The van der Waals surface area contributed by atoms with Gasteiger partial charge in [0.15, 0.2) is 5.58 Å². The monoisotopic (exact) mass is 317 g/mol. The fraction of sp³-hybridized carbons (Fsp3) is 0.0714. The maximum atomic E-state index is 5.71. The number of benzene rings is 2. The molecule has 0 spiro atoms. The van der Waals surface area contributed by atoms with Crippen LogP contribution in [0.25, 0.3) is 11.1 Å². The lowest BCUT2D eigenvalue weighted by Crippen LogP contribution is -1.99. The van der Waals surface area contributed by atoms with Gasteiger partial charge in [-0.15, -0.1) is 0 Å². The quantitative estimate of drug-likeness (QED) is 0.721. The highest BCUT2D eigenvalue weighted by molar-refractivity contribution is 9.10. The summed E-state index contributed by atoms with van der Waals surface area (Å²) in [5, 5.41) is 3.16. The first-order valence-electron chi connectivity index (χ1n) is 5.85. The molecular weight excluding hydrogens is 306 g/mol. The van der Waals surface area contributed by atoms with Crippen LogP contribution < -0.4 is 11.1 Å². The Labute approximate surface area is 118 Å². The standard InChI is InChI=1S/C14H12BrN3O/c15-10-3-1-2-9(6-10)8-17-14-18-12-7-11(16)4-5-13(12)19-14/h1-7H,8,16H2,(H,17,18). The maximum absolute atomic E-state index is 5.71. The van der Waals surface area contributed by atoms with E-state index in [0.29, 0.717) is 18.2 Å². The van der Waals surface area contributed by atoms with E-state index in [0.717, 1.165) is 21.1 Å². The molecule has 0 saturated carbocycles. The van der Waals surface area contributed by atoms with Crippen LogP contribution in [0.1, 0.15) is 5.56 Å². The zero-order valence-electron chi connectivity index (χ0n) is 10.1. The molecule has 0 amide bonds. The molecule has 0 radical (unpaired) electrons. The minimum atomic E-state index is 0.501. The van der Waals surface area contributed by atoms with Crippen LogP contribution in [0, 0.1) is 0 Å². The molecule has 0 saturated heterocycles. The summed E-state index contributed by atoms with van der Waals surface area (Å²) >= 11 is 3.44. The zero-order valence-corrected chi connectivity index (χ0v) is 11.6. The van der Waals surface area contributed by atoms with Gasteiger partial charge in [0.1, 0.15) is 5.52 Å². The Balaban J connectivity index is 1.78. The average Bonchev–Trinajstić information content (AvgIpc) is 2.78. The Kier molecular flexibility index (Phi) is 3.13. The van der Waals surface area contributed by atoms with Crippen molar-refractivity contribution in [1.29, 1.82) is 0 Å². The van der Waals surface area contributed by atoms with Crippen molar-refractivity contribution in [3.05, 3.63) is 52.5 Å². The van der Waals surface area contributed by atoms with Crippen LogP contribution >= 0.6 is 15.9 Å². The van der Waals surface area contributed by atoms with Gasteiger partial charge >= 0.3 is 0 Å². The summed E-state index contributed by atoms with van der Waals surface area (Å²) < 4.78 is 6.64. The van der Waals surface area contributed by atoms with Crippen LogP contribution in [-0.4, -0.2) is 4.98 Å². The highest BCUT2D eigenvalue weighted by Crippen LogP contribution is 2.21. The number of hydrogen-bond acceptors (Lipinski definition) is 4. The van der Waals surface area contributed by atoms with Crippen LogP contribution in [0.4, 0.5) is 11.7 Å². The first kappa shape index (κ1) is 12.0. The van der Waals surface area contributed by atoms with Crippen LogP contribution in [0.3, 0.4) is 0 Å². The van der Waals surface area contributed by atoms with E-state index in [2.05, 4.69) is 26.2 Å². The van der Waals surface area contributed by atoms with Crippen molar-refractivity contribution in [2.75, 3.05) is 11.1 Å². The van der Waals surface area contributed by atoms with E-state index < -0.39 is 0 Å². The lowest BCUT2D eigenvalue weighted by atomic mass is 10.2. The molecule has 4 nitrogen and oxygen atoms in total. The van der Waals surface area contributed by atoms with Crippen LogP contribution in [0.2, 0.25) is 0 Å². The number of nitrogens with one attached hydrogen (secondary N) is 1. The van der Waals surface area contributed by atoms with Gasteiger partial charge in [-0.2, -0.15) is 4.98 Å². The van der Waals surface area contributed by atoms with E-state index in [4.69, 9.17) is 10.2 Å². The summed E-state index contributed by atoms with van der Waals surface area (Å²) in [5.74, 6) is 0. The minimum absolute atomic E-state index is 0.501. The Morgan fingerprint density at radius 3 is 2.95 bits per heavy atom. The van der Waals surface area contributed by atoms with E-state index in [1.165, 1.54) is 0 Å². The molecule has 3 aromatic rings. The van der Waals surface area contributed by atoms with E-state index >= 15 is 0 Å². The molecule has 0 aliphatic heterocycles.